The van der Waals surface area contributed by atoms with Crippen molar-refractivity contribution in [2.45, 2.75) is 38.4 Å². The number of carbonyl (C=O) groups is 1. The number of benzene rings is 1. The van der Waals surface area contributed by atoms with E-state index in [-0.39, 0.29) is 11.6 Å². The van der Waals surface area contributed by atoms with E-state index in [0.29, 0.717) is 10.4 Å². The van der Waals surface area contributed by atoms with Gasteiger partial charge < -0.3 is 5.32 Å². The Bertz CT molecular complexity index is 920. The molecule has 5 nitrogen and oxygen atoms in total. The van der Waals surface area contributed by atoms with Gasteiger partial charge in [0.05, 0.1) is 5.69 Å². The number of anilines is 1. The Labute approximate surface area is 160 Å². The average molecular weight is 477 g/mol. The summed E-state index contributed by atoms with van der Waals surface area (Å²) < 4.78 is 41.0. The van der Waals surface area contributed by atoms with Crippen LogP contribution in [0.15, 0.2) is 29.1 Å². The second kappa shape index (κ2) is 7.01. The number of hydrogen-bond acceptors (Lipinski definition) is 3. The molecule has 2 aromatic rings. The topological polar surface area (TPSA) is 64.0 Å². The van der Waals surface area contributed by atoms with Crippen LogP contribution < -0.4 is 10.9 Å². The molecule has 1 aromatic heterocycles. The molecular formula is C17H15F3IN3O2. The molecule has 1 aromatic carbocycles. The highest BCUT2D eigenvalue weighted by Crippen LogP contribution is 2.40. The van der Waals surface area contributed by atoms with E-state index in [9.17, 15) is 22.8 Å². The summed E-state index contributed by atoms with van der Waals surface area (Å²) in [5.41, 5.74) is -1.04. The number of carbonyl (C=O) groups excluding carboxylic acids is 1. The molecule has 1 saturated carbocycles. The molecule has 1 N–H and O–H groups in total. The summed E-state index contributed by atoms with van der Waals surface area (Å²) in [6, 6.07) is 6.16. The molecule has 0 atom stereocenters. The van der Waals surface area contributed by atoms with Crippen LogP contribution in [0.2, 0.25) is 0 Å². The number of rotatable bonds is 4. The van der Waals surface area contributed by atoms with E-state index >= 15 is 0 Å². The van der Waals surface area contributed by atoms with Gasteiger partial charge in [0.15, 0.2) is 0 Å². The Morgan fingerprint density at radius 2 is 2.04 bits per heavy atom. The van der Waals surface area contributed by atoms with Gasteiger partial charge in [-0.25, -0.2) is 4.68 Å². The Morgan fingerprint density at radius 3 is 2.62 bits per heavy atom. The highest BCUT2D eigenvalue weighted by Gasteiger charge is 2.37. The number of amides is 1. The smallest absolute Gasteiger partial charge is 0.324 e. The molecule has 26 heavy (non-hydrogen) atoms. The second-order valence-corrected chi connectivity index (χ2v) is 7.47. The summed E-state index contributed by atoms with van der Waals surface area (Å²) in [4.78, 5) is 24.3. The summed E-state index contributed by atoms with van der Waals surface area (Å²) in [7, 11) is 0. The maximum absolute atomic E-state index is 13.1. The van der Waals surface area contributed by atoms with Gasteiger partial charge in [0.2, 0.25) is 5.91 Å². The maximum atomic E-state index is 13.1. The third-order valence-corrected chi connectivity index (χ3v) is 4.72. The second-order valence-electron chi connectivity index (χ2n) is 6.23. The van der Waals surface area contributed by atoms with Crippen molar-refractivity contribution in [3.05, 3.63) is 55.0 Å². The lowest BCUT2D eigenvalue weighted by atomic mass is 10.2. The van der Waals surface area contributed by atoms with Crippen LogP contribution in [0, 0.1) is 10.5 Å². The van der Waals surface area contributed by atoms with Crippen LogP contribution in [-0.2, 0) is 17.5 Å². The van der Waals surface area contributed by atoms with Gasteiger partial charge in [0, 0.05) is 15.2 Å². The molecule has 0 radical (unpaired) electrons. The minimum absolute atomic E-state index is 0.0792. The van der Waals surface area contributed by atoms with E-state index in [1.165, 1.54) is 0 Å². The zero-order valence-electron chi connectivity index (χ0n) is 13.7. The van der Waals surface area contributed by atoms with Crippen molar-refractivity contribution in [2.24, 2.45) is 0 Å². The molecule has 138 valence electrons. The fourth-order valence-corrected chi connectivity index (χ4v) is 3.19. The van der Waals surface area contributed by atoms with Crippen molar-refractivity contribution in [1.82, 2.24) is 9.78 Å². The Kier molecular flexibility index (Phi) is 5.09. The molecule has 1 fully saturated rings. The number of alkyl halides is 3. The van der Waals surface area contributed by atoms with Gasteiger partial charge in [-0.2, -0.15) is 18.3 Å². The van der Waals surface area contributed by atoms with Crippen molar-refractivity contribution in [2.75, 3.05) is 5.32 Å². The molecule has 1 aliphatic carbocycles. The number of aryl methyl sites for hydroxylation is 1. The van der Waals surface area contributed by atoms with E-state index in [0.717, 1.165) is 28.0 Å². The third kappa shape index (κ3) is 4.25. The fourth-order valence-electron chi connectivity index (χ4n) is 2.54. The third-order valence-electron chi connectivity index (χ3n) is 4.05. The molecule has 1 aliphatic rings. The monoisotopic (exact) mass is 477 g/mol. The zero-order valence-corrected chi connectivity index (χ0v) is 15.9. The molecule has 0 aliphatic heterocycles. The lowest BCUT2D eigenvalue weighted by molar-refractivity contribution is -0.139. The predicted octanol–water partition coefficient (Wildman–Crippen LogP) is 3.69. The highest BCUT2D eigenvalue weighted by atomic mass is 127. The molecule has 1 heterocycles. The predicted molar refractivity (Wildman–Crippen MR) is 98.0 cm³/mol. The minimum Gasteiger partial charge on any atom is -0.324 e. The maximum Gasteiger partial charge on any atom is 0.421 e. The van der Waals surface area contributed by atoms with E-state index in [4.69, 9.17) is 0 Å². The summed E-state index contributed by atoms with van der Waals surface area (Å²) in [5, 5.41) is 6.58. The summed E-state index contributed by atoms with van der Waals surface area (Å²) in [6.07, 6.45) is -3.32. The van der Waals surface area contributed by atoms with Gasteiger partial charge >= 0.3 is 6.18 Å². The number of nitrogens with one attached hydrogen (secondary N) is 1. The number of nitrogens with zero attached hydrogens (tertiary/aromatic N) is 2. The zero-order chi connectivity index (χ0) is 19.1. The van der Waals surface area contributed by atoms with Gasteiger partial charge in [0.1, 0.15) is 12.1 Å². The summed E-state index contributed by atoms with van der Waals surface area (Å²) in [6.45, 7) is 1.23. The first kappa shape index (κ1) is 18.9. The lowest BCUT2D eigenvalue weighted by Crippen LogP contribution is -2.35. The van der Waals surface area contributed by atoms with Crippen molar-refractivity contribution >= 4 is 34.2 Å². The van der Waals surface area contributed by atoms with Gasteiger partial charge in [-0.15, -0.1) is 0 Å². The first-order valence-corrected chi connectivity index (χ1v) is 8.98. The van der Waals surface area contributed by atoms with Crippen molar-refractivity contribution in [3.8, 4) is 0 Å². The molecule has 0 spiro atoms. The van der Waals surface area contributed by atoms with Crippen LogP contribution in [0.3, 0.4) is 0 Å². The molecule has 0 saturated heterocycles. The van der Waals surface area contributed by atoms with E-state index in [1.807, 2.05) is 6.07 Å². The number of halogens is 4. The van der Waals surface area contributed by atoms with Crippen LogP contribution >= 0.6 is 22.6 Å². The minimum atomic E-state index is -4.78. The molecule has 1 amide bonds. The van der Waals surface area contributed by atoms with Crippen molar-refractivity contribution in [1.29, 1.82) is 0 Å². The Balaban J connectivity index is 1.87. The van der Waals surface area contributed by atoms with E-state index in [2.05, 4.69) is 33.0 Å². The standard InChI is InChI=1S/C17H15F3IN3O2/c1-9-6-11(21)4-5-13(9)22-15(25)8-24-16(26)12(17(18,19)20)7-14(23-24)10-2-3-10/h4-7,10H,2-3,8H2,1H3,(H,22,25). The lowest BCUT2D eigenvalue weighted by Gasteiger charge is -2.13. The largest absolute Gasteiger partial charge is 0.421 e. The summed E-state index contributed by atoms with van der Waals surface area (Å²) in [5.74, 6) is -0.686. The van der Waals surface area contributed by atoms with Gasteiger partial charge in [-0.3, -0.25) is 9.59 Å². The first-order valence-electron chi connectivity index (χ1n) is 7.90. The van der Waals surface area contributed by atoms with Crippen LogP contribution in [0.25, 0.3) is 0 Å². The SMILES string of the molecule is Cc1cc(I)ccc1NC(=O)Cn1nc(C2CC2)cc(C(F)(F)F)c1=O. The Hall–Kier alpha value is -1.91. The summed E-state index contributed by atoms with van der Waals surface area (Å²) >= 11 is 2.13. The molecule has 3 rings (SSSR count). The van der Waals surface area contributed by atoms with E-state index in [1.54, 1.807) is 19.1 Å². The normalized spacial score (nSPS) is 14.3. The quantitative estimate of drug-likeness (QED) is 0.684. The average Bonchev–Trinajstić information content (AvgIpc) is 3.36. The van der Waals surface area contributed by atoms with Gasteiger partial charge in [-0.05, 0) is 72.2 Å². The molecule has 0 bridgehead atoms. The highest BCUT2D eigenvalue weighted by molar-refractivity contribution is 14.1. The van der Waals surface area contributed by atoms with Gasteiger partial charge in [-0.1, -0.05) is 0 Å². The van der Waals surface area contributed by atoms with Crippen LogP contribution in [-0.4, -0.2) is 15.7 Å². The fraction of sp³-hybridized carbons (Fsp3) is 0.353. The molecular weight excluding hydrogens is 462 g/mol. The first-order chi connectivity index (χ1) is 12.1. The van der Waals surface area contributed by atoms with Crippen molar-refractivity contribution in [3.63, 3.8) is 0 Å². The van der Waals surface area contributed by atoms with Crippen LogP contribution in [0.1, 0.15) is 35.6 Å². The van der Waals surface area contributed by atoms with Crippen molar-refractivity contribution < 1.29 is 18.0 Å². The van der Waals surface area contributed by atoms with E-state index < -0.39 is 29.8 Å². The van der Waals surface area contributed by atoms with Gasteiger partial charge in [0.25, 0.3) is 5.56 Å². The van der Waals surface area contributed by atoms with Crippen LogP contribution in [0.4, 0.5) is 18.9 Å². The Morgan fingerprint density at radius 1 is 1.35 bits per heavy atom. The number of hydrogen-bond donors (Lipinski definition) is 1. The molecule has 9 heteroatoms. The van der Waals surface area contributed by atoms with Crippen LogP contribution in [0.5, 0.6) is 0 Å². The molecule has 0 unspecified atom stereocenters. The number of aromatic nitrogens is 2.